The fourth-order valence-corrected chi connectivity index (χ4v) is 2.61. The summed E-state index contributed by atoms with van der Waals surface area (Å²) in [4.78, 5) is 13.2. The second-order valence-electron chi connectivity index (χ2n) is 6.29. The van der Waals surface area contributed by atoms with Crippen molar-refractivity contribution in [2.24, 2.45) is 5.41 Å². The van der Waals surface area contributed by atoms with Crippen LogP contribution in [0.15, 0.2) is 59.5 Å². The van der Waals surface area contributed by atoms with E-state index in [0.29, 0.717) is 18.9 Å². The van der Waals surface area contributed by atoms with Crippen LogP contribution in [-0.2, 0) is 26.9 Å². The van der Waals surface area contributed by atoms with Crippen molar-refractivity contribution in [2.45, 2.75) is 25.3 Å². The van der Waals surface area contributed by atoms with Crippen LogP contribution >= 0.6 is 0 Å². The van der Waals surface area contributed by atoms with Gasteiger partial charge in [0.2, 0.25) is 5.91 Å². The van der Waals surface area contributed by atoms with Gasteiger partial charge in [-0.2, -0.15) is 0 Å². The van der Waals surface area contributed by atoms with Gasteiger partial charge in [-0.3, -0.25) is 9.00 Å². The number of ether oxygens (including phenoxy) is 1. The van der Waals surface area contributed by atoms with Crippen LogP contribution in [0.25, 0.3) is 0 Å². The Kier molecular flexibility index (Phi) is 6.29. The summed E-state index contributed by atoms with van der Waals surface area (Å²) in [6, 6.07) is 16.9. The van der Waals surface area contributed by atoms with Crippen molar-refractivity contribution >= 4 is 22.4 Å². The van der Waals surface area contributed by atoms with Gasteiger partial charge in [-0.25, -0.2) is 0 Å². The normalized spacial score (nSPS) is 12.6. The van der Waals surface area contributed by atoms with E-state index in [4.69, 9.17) is 4.74 Å². The summed E-state index contributed by atoms with van der Waals surface area (Å²) in [5.41, 5.74) is 1.11. The van der Waals surface area contributed by atoms with Crippen molar-refractivity contribution in [2.75, 3.05) is 18.2 Å². The number of hydrogen-bond acceptors (Lipinski definition) is 3. The largest absolute Gasteiger partial charge is 0.376 e. The lowest BCUT2D eigenvalue weighted by Crippen LogP contribution is -2.34. The van der Waals surface area contributed by atoms with E-state index in [1.807, 2.05) is 44.2 Å². The minimum Gasteiger partial charge on any atom is -0.376 e. The molecule has 0 fully saturated rings. The molecular formula is C19H23NO3S. The summed E-state index contributed by atoms with van der Waals surface area (Å²) < 4.78 is 17.1. The molecule has 2 rings (SSSR count). The molecule has 0 aromatic heterocycles. The van der Waals surface area contributed by atoms with E-state index in [1.54, 1.807) is 30.5 Å². The maximum Gasteiger partial charge on any atom is 0.232 e. The zero-order valence-electron chi connectivity index (χ0n) is 14.2. The second-order valence-corrected chi connectivity index (χ2v) is 7.67. The fourth-order valence-electron chi connectivity index (χ4n) is 2.09. The first kappa shape index (κ1) is 18.4. The lowest BCUT2D eigenvalue weighted by Gasteiger charge is -2.23. The number of amides is 1. The monoisotopic (exact) mass is 345 g/mol. The van der Waals surface area contributed by atoms with E-state index in [9.17, 15) is 9.00 Å². The van der Waals surface area contributed by atoms with E-state index in [0.717, 1.165) is 10.5 Å². The molecule has 0 spiro atoms. The van der Waals surface area contributed by atoms with Crippen molar-refractivity contribution in [3.05, 3.63) is 60.2 Å². The van der Waals surface area contributed by atoms with E-state index in [1.165, 1.54) is 0 Å². The van der Waals surface area contributed by atoms with Crippen LogP contribution in [0, 0.1) is 5.41 Å². The molecule has 5 heteroatoms. The van der Waals surface area contributed by atoms with Gasteiger partial charge in [0.05, 0.1) is 18.6 Å². The Morgan fingerprint density at radius 1 is 1.08 bits per heavy atom. The van der Waals surface area contributed by atoms with Crippen LogP contribution in [0.2, 0.25) is 0 Å². The molecule has 2 aromatic carbocycles. The van der Waals surface area contributed by atoms with Crippen molar-refractivity contribution in [1.82, 2.24) is 0 Å². The molecule has 1 amide bonds. The van der Waals surface area contributed by atoms with Crippen LogP contribution in [-0.4, -0.2) is 23.0 Å². The average molecular weight is 345 g/mol. The first-order valence-corrected chi connectivity index (χ1v) is 9.31. The van der Waals surface area contributed by atoms with E-state index >= 15 is 0 Å². The molecular weight excluding hydrogens is 322 g/mol. The molecule has 1 N–H and O–H groups in total. The molecule has 0 aliphatic carbocycles. The Labute approximate surface area is 145 Å². The Hall–Kier alpha value is -1.98. The van der Waals surface area contributed by atoms with Crippen LogP contribution in [0.5, 0.6) is 0 Å². The van der Waals surface area contributed by atoms with Gasteiger partial charge in [0.15, 0.2) is 0 Å². The quantitative estimate of drug-likeness (QED) is 0.834. The topological polar surface area (TPSA) is 55.4 Å². The summed E-state index contributed by atoms with van der Waals surface area (Å²) in [5, 5.41) is 2.88. The van der Waals surface area contributed by atoms with Crippen LogP contribution in [0.1, 0.15) is 19.4 Å². The third-order valence-corrected chi connectivity index (χ3v) is 4.57. The highest BCUT2D eigenvalue weighted by molar-refractivity contribution is 7.84. The highest BCUT2D eigenvalue weighted by atomic mass is 32.2. The van der Waals surface area contributed by atoms with Crippen LogP contribution in [0.3, 0.4) is 0 Å². The van der Waals surface area contributed by atoms with Crippen LogP contribution < -0.4 is 5.32 Å². The molecule has 0 aliphatic rings. The number of benzene rings is 2. The number of nitrogens with one attached hydrogen (secondary N) is 1. The summed E-state index contributed by atoms with van der Waals surface area (Å²) in [7, 11) is -1.02. The molecule has 2 aromatic rings. The van der Waals surface area contributed by atoms with Crippen molar-refractivity contribution in [1.29, 1.82) is 0 Å². The van der Waals surface area contributed by atoms with E-state index in [-0.39, 0.29) is 5.91 Å². The zero-order valence-corrected chi connectivity index (χ0v) is 15.1. The molecule has 0 unspecified atom stereocenters. The minimum atomic E-state index is -1.02. The summed E-state index contributed by atoms with van der Waals surface area (Å²) in [6.45, 7) is 4.50. The molecule has 0 bridgehead atoms. The maximum atomic E-state index is 12.4. The summed E-state index contributed by atoms with van der Waals surface area (Å²) in [6.07, 6.45) is 1.63. The minimum absolute atomic E-state index is 0.110. The predicted octanol–water partition coefficient (Wildman–Crippen LogP) is 3.61. The Balaban J connectivity index is 1.88. The smallest absolute Gasteiger partial charge is 0.232 e. The first-order valence-electron chi connectivity index (χ1n) is 7.75. The van der Waals surface area contributed by atoms with Gasteiger partial charge in [-0.1, -0.05) is 30.3 Å². The predicted molar refractivity (Wildman–Crippen MR) is 97.3 cm³/mol. The summed E-state index contributed by atoms with van der Waals surface area (Å²) in [5.74, 6) is -0.110. The SMILES string of the molecule is C[S@](=O)c1ccc(NC(=O)C(C)(C)COCc2ccccc2)cc1. The van der Waals surface area contributed by atoms with Gasteiger partial charge in [0.1, 0.15) is 0 Å². The average Bonchev–Trinajstić information content (AvgIpc) is 2.56. The summed E-state index contributed by atoms with van der Waals surface area (Å²) >= 11 is 0. The molecule has 0 heterocycles. The lowest BCUT2D eigenvalue weighted by molar-refractivity contribution is -0.127. The van der Waals surface area contributed by atoms with Gasteiger partial charge in [-0.15, -0.1) is 0 Å². The molecule has 4 nitrogen and oxygen atoms in total. The standard InChI is InChI=1S/C19H23NO3S/c1-19(2,14-23-13-15-7-5-4-6-8-15)18(21)20-16-9-11-17(12-10-16)24(3)22/h4-12H,13-14H2,1-3H3,(H,20,21)/t24-/m0/s1. The molecule has 0 saturated carbocycles. The van der Waals surface area contributed by atoms with Crippen molar-refractivity contribution < 1.29 is 13.7 Å². The zero-order chi connectivity index (χ0) is 17.6. The fraction of sp³-hybridized carbons (Fsp3) is 0.316. The van der Waals surface area contributed by atoms with Crippen molar-refractivity contribution in [3.63, 3.8) is 0 Å². The first-order chi connectivity index (χ1) is 11.4. The Bertz CT molecular complexity index is 696. The molecule has 24 heavy (non-hydrogen) atoms. The van der Waals surface area contributed by atoms with E-state index in [2.05, 4.69) is 5.32 Å². The molecule has 0 aliphatic heterocycles. The molecule has 1 atom stereocenters. The maximum absolute atomic E-state index is 12.4. The molecule has 0 saturated heterocycles. The van der Waals surface area contributed by atoms with Gasteiger partial charge in [-0.05, 0) is 43.7 Å². The van der Waals surface area contributed by atoms with Gasteiger partial charge in [0, 0.05) is 27.6 Å². The van der Waals surface area contributed by atoms with Gasteiger partial charge in [0.25, 0.3) is 0 Å². The van der Waals surface area contributed by atoms with E-state index < -0.39 is 16.2 Å². The number of hydrogen-bond donors (Lipinski definition) is 1. The van der Waals surface area contributed by atoms with Crippen molar-refractivity contribution in [3.8, 4) is 0 Å². The number of anilines is 1. The Morgan fingerprint density at radius 3 is 2.29 bits per heavy atom. The van der Waals surface area contributed by atoms with Gasteiger partial charge < -0.3 is 10.1 Å². The molecule has 128 valence electrons. The third-order valence-electron chi connectivity index (χ3n) is 3.63. The number of carbonyl (C=O) groups excluding carboxylic acids is 1. The lowest BCUT2D eigenvalue weighted by atomic mass is 9.93. The van der Waals surface area contributed by atoms with Crippen LogP contribution in [0.4, 0.5) is 5.69 Å². The number of rotatable bonds is 7. The highest BCUT2D eigenvalue weighted by Gasteiger charge is 2.28. The highest BCUT2D eigenvalue weighted by Crippen LogP contribution is 2.20. The number of carbonyl (C=O) groups is 1. The van der Waals surface area contributed by atoms with Gasteiger partial charge >= 0.3 is 0 Å². The third kappa shape index (κ3) is 5.28. The molecule has 0 radical (unpaired) electrons. The second kappa shape index (κ2) is 8.22. The Morgan fingerprint density at radius 2 is 1.71 bits per heavy atom.